The Kier molecular flexibility index (Phi) is 5.63. The second-order valence-corrected chi connectivity index (χ2v) is 5.26. The monoisotopic (exact) mass is 348 g/mol. The molecule has 0 spiro atoms. The van der Waals surface area contributed by atoms with Crippen LogP contribution in [0.5, 0.6) is 5.75 Å². The van der Waals surface area contributed by atoms with E-state index >= 15 is 0 Å². The van der Waals surface area contributed by atoms with Gasteiger partial charge in [-0.15, -0.1) is 0 Å². The fourth-order valence-electron chi connectivity index (χ4n) is 1.88. The zero-order valence-electron chi connectivity index (χ0n) is 11.7. The Labute approximate surface area is 132 Å². The first-order valence-electron chi connectivity index (χ1n) is 6.62. The van der Waals surface area contributed by atoms with Gasteiger partial charge in [-0.25, -0.2) is 0 Å². The maximum Gasteiger partial charge on any atom is 0.226 e. The average molecular weight is 349 g/mol. The van der Waals surface area contributed by atoms with E-state index in [2.05, 4.69) is 26.6 Å². The summed E-state index contributed by atoms with van der Waals surface area (Å²) in [6.07, 6.45) is 0.374. The van der Waals surface area contributed by atoms with Crippen LogP contribution >= 0.6 is 15.9 Å². The topological polar surface area (TPSA) is 50.4 Å². The normalized spacial score (nSPS) is 10.0. The molecule has 0 saturated carbocycles. The lowest BCUT2D eigenvalue weighted by Gasteiger charge is -2.11. The molecule has 0 atom stereocenters. The molecule has 0 aliphatic carbocycles. The highest BCUT2D eigenvalue weighted by Gasteiger charge is 2.06. The van der Waals surface area contributed by atoms with E-state index in [1.807, 2.05) is 48.5 Å². The molecule has 0 saturated heterocycles. The Morgan fingerprint density at radius 3 is 2.48 bits per heavy atom. The van der Waals surface area contributed by atoms with E-state index < -0.39 is 0 Å². The van der Waals surface area contributed by atoms with Crippen molar-refractivity contribution in [2.45, 2.75) is 6.42 Å². The van der Waals surface area contributed by atoms with Crippen LogP contribution in [0.1, 0.15) is 6.42 Å². The maximum atomic E-state index is 11.9. The van der Waals surface area contributed by atoms with Gasteiger partial charge >= 0.3 is 0 Å². The number of carbonyl (C=O) groups excluding carboxylic acids is 1. The molecule has 2 N–H and O–H groups in total. The van der Waals surface area contributed by atoms with E-state index in [-0.39, 0.29) is 5.91 Å². The zero-order valence-corrected chi connectivity index (χ0v) is 13.3. The van der Waals surface area contributed by atoms with Crippen molar-refractivity contribution < 1.29 is 9.53 Å². The summed E-state index contributed by atoms with van der Waals surface area (Å²) in [6.45, 7) is 0.538. The molecule has 0 fully saturated rings. The number of hydrogen-bond donors (Lipinski definition) is 2. The van der Waals surface area contributed by atoms with Crippen molar-refractivity contribution in [2.75, 3.05) is 24.3 Å². The molecule has 0 radical (unpaired) electrons. The molecule has 0 aromatic heterocycles. The highest BCUT2D eigenvalue weighted by Crippen LogP contribution is 2.23. The van der Waals surface area contributed by atoms with E-state index in [0.29, 0.717) is 13.0 Å². The van der Waals surface area contributed by atoms with E-state index in [9.17, 15) is 4.79 Å². The van der Waals surface area contributed by atoms with Crippen molar-refractivity contribution in [1.82, 2.24) is 0 Å². The van der Waals surface area contributed by atoms with Crippen LogP contribution < -0.4 is 15.4 Å². The fraction of sp³-hybridized carbons (Fsp3) is 0.188. The van der Waals surface area contributed by atoms with Crippen molar-refractivity contribution in [3.8, 4) is 5.75 Å². The smallest absolute Gasteiger partial charge is 0.226 e. The molecule has 0 unspecified atom stereocenters. The Morgan fingerprint density at radius 1 is 1.10 bits per heavy atom. The molecule has 21 heavy (non-hydrogen) atoms. The van der Waals surface area contributed by atoms with Crippen LogP contribution in [0.15, 0.2) is 53.0 Å². The number of hydrogen-bond acceptors (Lipinski definition) is 3. The summed E-state index contributed by atoms with van der Waals surface area (Å²) >= 11 is 3.40. The van der Waals surface area contributed by atoms with Crippen molar-refractivity contribution in [1.29, 1.82) is 0 Å². The first-order chi connectivity index (χ1) is 10.2. The molecule has 0 aliphatic rings. The van der Waals surface area contributed by atoms with Crippen LogP contribution in [-0.2, 0) is 4.79 Å². The van der Waals surface area contributed by atoms with Gasteiger partial charge in [0.1, 0.15) is 5.75 Å². The lowest BCUT2D eigenvalue weighted by molar-refractivity contribution is -0.115. The Bertz CT molecular complexity index is 617. The number of ether oxygens (including phenoxy) is 1. The standard InChI is InChI=1S/C16H17BrN2O2/c1-21-15-9-5-4-8-14(15)18-11-10-16(20)19-13-7-3-2-6-12(13)17/h2-9,18H,10-11H2,1H3,(H,19,20). The van der Waals surface area contributed by atoms with E-state index in [1.165, 1.54) is 0 Å². The highest BCUT2D eigenvalue weighted by molar-refractivity contribution is 9.10. The molecule has 110 valence electrons. The number of para-hydroxylation sites is 3. The van der Waals surface area contributed by atoms with Crippen LogP contribution in [0.4, 0.5) is 11.4 Å². The lowest BCUT2D eigenvalue weighted by Crippen LogP contribution is -2.16. The summed E-state index contributed by atoms with van der Waals surface area (Å²) in [6, 6.07) is 15.2. The number of anilines is 2. The maximum absolute atomic E-state index is 11.9. The molecule has 2 rings (SSSR count). The molecule has 2 aromatic rings. The van der Waals surface area contributed by atoms with Gasteiger partial charge in [-0.2, -0.15) is 0 Å². The van der Waals surface area contributed by atoms with Crippen LogP contribution in [0.2, 0.25) is 0 Å². The van der Waals surface area contributed by atoms with Crippen molar-refractivity contribution >= 4 is 33.2 Å². The van der Waals surface area contributed by atoms with Gasteiger partial charge in [-0.3, -0.25) is 4.79 Å². The van der Waals surface area contributed by atoms with Crippen molar-refractivity contribution in [3.63, 3.8) is 0 Å². The predicted molar refractivity (Wildman–Crippen MR) is 88.9 cm³/mol. The van der Waals surface area contributed by atoms with Crippen molar-refractivity contribution in [2.24, 2.45) is 0 Å². The minimum Gasteiger partial charge on any atom is -0.495 e. The van der Waals surface area contributed by atoms with E-state index in [4.69, 9.17) is 4.74 Å². The average Bonchev–Trinajstić information content (AvgIpc) is 2.50. The quantitative estimate of drug-likeness (QED) is 0.832. The SMILES string of the molecule is COc1ccccc1NCCC(=O)Nc1ccccc1Br. The Hall–Kier alpha value is -2.01. The summed E-state index contributed by atoms with van der Waals surface area (Å²) in [7, 11) is 1.63. The lowest BCUT2D eigenvalue weighted by atomic mass is 10.2. The number of carbonyl (C=O) groups is 1. The number of rotatable bonds is 6. The number of nitrogens with one attached hydrogen (secondary N) is 2. The van der Waals surface area contributed by atoms with Gasteiger partial charge in [0.2, 0.25) is 5.91 Å². The second-order valence-electron chi connectivity index (χ2n) is 4.41. The molecule has 0 bridgehead atoms. The van der Waals surface area contributed by atoms with Gasteiger partial charge < -0.3 is 15.4 Å². The Balaban J connectivity index is 1.83. The van der Waals surface area contributed by atoms with Crippen LogP contribution in [0.3, 0.4) is 0 Å². The molecule has 0 heterocycles. The van der Waals surface area contributed by atoms with Gasteiger partial charge in [0.25, 0.3) is 0 Å². The molecule has 2 aromatic carbocycles. The van der Waals surface area contributed by atoms with Gasteiger partial charge in [0.15, 0.2) is 0 Å². The van der Waals surface area contributed by atoms with Crippen LogP contribution in [0.25, 0.3) is 0 Å². The number of benzene rings is 2. The van der Waals surface area contributed by atoms with Gasteiger partial charge in [0, 0.05) is 17.4 Å². The van der Waals surface area contributed by atoms with Crippen LogP contribution in [-0.4, -0.2) is 19.6 Å². The van der Waals surface area contributed by atoms with Crippen molar-refractivity contribution in [3.05, 3.63) is 53.0 Å². The third-order valence-corrected chi connectivity index (χ3v) is 3.61. The molecule has 0 aliphatic heterocycles. The zero-order chi connectivity index (χ0) is 15.1. The third-order valence-electron chi connectivity index (χ3n) is 2.92. The number of methoxy groups -OCH3 is 1. The summed E-state index contributed by atoms with van der Waals surface area (Å²) in [5, 5.41) is 6.07. The number of halogens is 1. The first kappa shape index (κ1) is 15.4. The van der Waals surface area contributed by atoms with Gasteiger partial charge in [-0.05, 0) is 40.2 Å². The van der Waals surface area contributed by atoms with Gasteiger partial charge in [0.05, 0.1) is 18.5 Å². The second kappa shape index (κ2) is 7.69. The summed E-state index contributed by atoms with van der Waals surface area (Å²) in [4.78, 5) is 11.9. The summed E-state index contributed by atoms with van der Waals surface area (Å²) in [5.74, 6) is 0.730. The largest absolute Gasteiger partial charge is 0.495 e. The van der Waals surface area contributed by atoms with E-state index in [0.717, 1.165) is 21.6 Å². The fourth-order valence-corrected chi connectivity index (χ4v) is 2.26. The minimum absolute atomic E-state index is 0.0377. The molecule has 1 amide bonds. The van der Waals surface area contributed by atoms with E-state index in [1.54, 1.807) is 7.11 Å². The molecule has 5 heteroatoms. The third kappa shape index (κ3) is 4.49. The number of amides is 1. The highest BCUT2D eigenvalue weighted by atomic mass is 79.9. The summed E-state index contributed by atoms with van der Waals surface area (Å²) < 4.78 is 6.12. The molecular weight excluding hydrogens is 332 g/mol. The first-order valence-corrected chi connectivity index (χ1v) is 7.41. The van der Waals surface area contributed by atoms with Crippen LogP contribution in [0, 0.1) is 0 Å². The molecule has 4 nitrogen and oxygen atoms in total. The summed E-state index contributed by atoms with van der Waals surface area (Å²) in [5.41, 5.74) is 1.66. The predicted octanol–water partition coefficient (Wildman–Crippen LogP) is 3.90. The Morgan fingerprint density at radius 2 is 1.76 bits per heavy atom. The molecular formula is C16H17BrN2O2. The minimum atomic E-state index is -0.0377. The van der Waals surface area contributed by atoms with Gasteiger partial charge in [-0.1, -0.05) is 24.3 Å².